The number of hydrogen-bond acceptors (Lipinski definition) is 2. The van der Waals surface area contributed by atoms with Crippen molar-refractivity contribution in [1.29, 1.82) is 0 Å². The van der Waals surface area contributed by atoms with Crippen molar-refractivity contribution in [3.8, 4) is 0 Å². The van der Waals surface area contributed by atoms with Crippen LogP contribution in [0.5, 0.6) is 0 Å². The van der Waals surface area contributed by atoms with E-state index < -0.39 is 0 Å². The average molecular weight is 282 g/mol. The van der Waals surface area contributed by atoms with Gasteiger partial charge in [0.15, 0.2) is 0 Å². The van der Waals surface area contributed by atoms with Gasteiger partial charge in [-0.3, -0.25) is 4.98 Å². The van der Waals surface area contributed by atoms with E-state index in [1.54, 1.807) is 0 Å². The van der Waals surface area contributed by atoms with Crippen LogP contribution in [0.4, 0.5) is 0 Å². The number of nitrogens with two attached hydrogens (primary N) is 1. The van der Waals surface area contributed by atoms with Gasteiger partial charge in [0.2, 0.25) is 0 Å². The second-order valence-corrected chi connectivity index (χ2v) is 7.89. The molecule has 0 saturated heterocycles. The highest BCUT2D eigenvalue weighted by molar-refractivity contribution is 5.78. The molecule has 1 saturated carbocycles. The lowest BCUT2D eigenvalue weighted by atomic mass is 9.63. The molecule has 1 aromatic heterocycles. The molecule has 1 aromatic carbocycles. The summed E-state index contributed by atoms with van der Waals surface area (Å²) in [6.07, 6.45) is 4.34. The standard InChI is InChI=1S/C19H26N2/c1-14-10-18(2,3)13-19(20,11-14)12-16-9-8-15-6-4-5-7-17(15)21-16/h4-9,14H,10-13,20H2,1-3H3. The molecule has 3 rings (SSSR count). The summed E-state index contributed by atoms with van der Waals surface area (Å²) < 4.78 is 0. The molecular weight excluding hydrogens is 256 g/mol. The molecule has 112 valence electrons. The quantitative estimate of drug-likeness (QED) is 0.891. The minimum absolute atomic E-state index is 0.114. The number of pyridine rings is 1. The maximum Gasteiger partial charge on any atom is 0.0705 e. The van der Waals surface area contributed by atoms with Crippen LogP contribution in [0.25, 0.3) is 10.9 Å². The summed E-state index contributed by atoms with van der Waals surface area (Å²) >= 11 is 0. The van der Waals surface area contributed by atoms with Crippen LogP contribution in [-0.4, -0.2) is 10.5 Å². The molecule has 1 aliphatic carbocycles. The maximum absolute atomic E-state index is 6.76. The average Bonchev–Trinajstić information content (AvgIpc) is 2.35. The zero-order valence-electron chi connectivity index (χ0n) is 13.4. The van der Waals surface area contributed by atoms with Gasteiger partial charge in [0.25, 0.3) is 0 Å². The molecule has 2 nitrogen and oxygen atoms in total. The van der Waals surface area contributed by atoms with Crippen molar-refractivity contribution in [1.82, 2.24) is 4.98 Å². The predicted molar refractivity (Wildman–Crippen MR) is 89.2 cm³/mol. The van der Waals surface area contributed by atoms with Crippen molar-refractivity contribution in [2.24, 2.45) is 17.1 Å². The van der Waals surface area contributed by atoms with Crippen LogP contribution < -0.4 is 5.73 Å². The molecule has 2 atom stereocenters. The zero-order valence-corrected chi connectivity index (χ0v) is 13.4. The number of rotatable bonds is 2. The second-order valence-electron chi connectivity index (χ2n) is 7.89. The van der Waals surface area contributed by atoms with Gasteiger partial charge in [-0.15, -0.1) is 0 Å². The molecule has 0 spiro atoms. The summed E-state index contributed by atoms with van der Waals surface area (Å²) in [4.78, 5) is 4.81. The predicted octanol–water partition coefficient (Wildman–Crippen LogP) is 4.32. The first-order valence-corrected chi connectivity index (χ1v) is 7.99. The monoisotopic (exact) mass is 282 g/mol. The maximum atomic E-state index is 6.76. The number of para-hydroxylation sites is 1. The van der Waals surface area contributed by atoms with E-state index in [1.807, 2.05) is 6.07 Å². The fourth-order valence-electron chi connectivity index (χ4n) is 4.51. The third-order valence-corrected chi connectivity index (χ3v) is 4.68. The normalized spacial score (nSPS) is 28.7. The van der Waals surface area contributed by atoms with Gasteiger partial charge in [-0.2, -0.15) is 0 Å². The van der Waals surface area contributed by atoms with Crippen molar-refractivity contribution in [2.45, 2.75) is 52.0 Å². The Balaban J connectivity index is 1.86. The van der Waals surface area contributed by atoms with E-state index in [9.17, 15) is 0 Å². The molecule has 2 unspecified atom stereocenters. The van der Waals surface area contributed by atoms with E-state index in [4.69, 9.17) is 10.7 Å². The van der Waals surface area contributed by atoms with Crippen molar-refractivity contribution in [2.75, 3.05) is 0 Å². The highest BCUT2D eigenvalue weighted by Gasteiger charge is 2.40. The first kappa shape index (κ1) is 14.5. The highest BCUT2D eigenvalue weighted by Crippen LogP contribution is 2.43. The molecular formula is C19H26N2. The summed E-state index contributed by atoms with van der Waals surface area (Å²) in [6, 6.07) is 12.6. The third-order valence-electron chi connectivity index (χ3n) is 4.68. The Labute approximate surface area is 127 Å². The largest absolute Gasteiger partial charge is 0.325 e. The molecule has 2 aromatic rings. The van der Waals surface area contributed by atoms with Gasteiger partial charge in [-0.05, 0) is 42.7 Å². The van der Waals surface area contributed by atoms with Gasteiger partial charge in [0.1, 0.15) is 0 Å². The van der Waals surface area contributed by atoms with Crippen LogP contribution in [0.15, 0.2) is 36.4 Å². The number of nitrogens with zero attached hydrogens (tertiary/aromatic N) is 1. The van der Waals surface area contributed by atoms with E-state index in [2.05, 4.69) is 51.1 Å². The van der Waals surface area contributed by atoms with Crippen LogP contribution in [-0.2, 0) is 6.42 Å². The summed E-state index contributed by atoms with van der Waals surface area (Å²) in [5.74, 6) is 0.694. The molecule has 0 radical (unpaired) electrons. The van der Waals surface area contributed by atoms with Gasteiger partial charge in [0, 0.05) is 23.0 Å². The minimum Gasteiger partial charge on any atom is -0.325 e. The summed E-state index contributed by atoms with van der Waals surface area (Å²) in [5, 5.41) is 1.20. The molecule has 1 fully saturated rings. The third kappa shape index (κ3) is 3.26. The van der Waals surface area contributed by atoms with Gasteiger partial charge < -0.3 is 5.73 Å². The number of benzene rings is 1. The van der Waals surface area contributed by atoms with E-state index in [0.717, 1.165) is 30.5 Å². The highest BCUT2D eigenvalue weighted by atomic mass is 14.8. The molecule has 2 heteroatoms. The fraction of sp³-hybridized carbons (Fsp3) is 0.526. The van der Waals surface area contributed by atoms with E-state index >= 15 is 0 Å². The van der Waals surface area contributed by atoms with Crippen LogP contribution in [0.2, 0.25) is 0 Å². The molecule has 0 amide bonds. The lowest BCUT2D eigenvalue weighted by Gasteiger charge is -2.45. The second kappa shape index (κ2) is 5.10. The van der Waals surface area contributed by atoms with Gasteiger partial charge in [0.05, 0.1) is 5.52 Å². The minimum atomic E-state index is -0.114. The molecule has 0 aliphatic heterocycles. The van der Waals surface area contributed by atoms with Crippen LogP contribution in [0.1, 0.15) is 45.7 Å². The topological polar surface area (TPSA) is 38.9 Å². The van der Waals surface area contributed by atoms with Crippen molar-refractivity contribution >= 4 is 10.9 Å². The first-order chi connectivity index (χ1) is 9.85. The smallest absolute Gasteiger partial charge is 0.0705 e. The molecule has 21 heavy (non-hydrogen) atoms. The lowest BCUT2D eigenvalue weighted by molar-refractivity contribution is 0.107. The van der Waals surface area contributed by atoms with E-state index in [0.29, 0.717) is 11.3 Å². The van der Waals surface area contributed by atoms with Crippen LogP contribution in [0, 0.1) is 11.3 Å². The molecule has 1 aliphatic rings. The van der Waals surface area contributed by atoms with Crippen LogP contribution in [0.3, 0.4) is 0 Å². The SMILES string of the molecule is CC1CC(C)(C)CC(N)(Cc2ccc3ccccc3n2)C1. The molecule has 1 heterocycles. The summed E-state index contributed by atoms with van der Waals surface area (Å²) in [6.45, 7) is 7.02. The Hall–Kier alpha value is -1.41. The molecule has 2 N–H and O–H groups in total. The van der Waals surface area contributed by atoms with Gasteiger partial charge in [-0.1, -0.05) is 45.0 Å². The number of fused-ring (bicyclic) bond motifs is 1. The fourth-order valence-corrected chi connectivity index (χ4v) is 4.51. The van der Waals surface area contributed by atoms with Crippen LogP contribution >= 0.6 is 0 Å². The summed E-state index contributed by atoms with van der Waals surface area (Å²) in [5.41, 5.74) is 9.18. The Morgan fingerprint density at radius 2 is 1.90 bits per heavy atom. The van der Waals surface area contributed by atoms with Crippen molar-refractivity contribution in [3.05, 3.63) is 42.1 Å². The van der Waals surface area contributed by atoms with E-state index in [1.165, 1.54) is 11.8 Å². The number of aromatic nitrogens is 1. The number of hydrogen-bond donors (Lipinski definition) is 1. The van der Waals surface area contributed by atoms with Gasteiger partial charge >= 0.3 is 0 Å². The Morgan fingerprint density at radius 3 is 2.67 bits per heavy atom. The molecule has 0 bridgehead atoms. The Bertz CT molecular complexity index is 647. The Morgan fingerprint density at radius 1 is 1.14 bits per heavy atom. The summed E-state index contributed by atoms with van der Waals surface area (Å²) in [7, 11) is 0. The Kier molecular flexibility index (Phi) is 3.53. The van der Waals surface area contributed by atoms with Gasteiger partial charge in [-0.25, -0.2) is 0 Å². The van der Waals surface area contributed by atoms with E-state index in [-0.39, 0.29) is 5.54 Å². The van der Waals surface area contributed by atoms with Crippen molar-refractivity contribution in [3.63, 3.8) is 0 Å². The zero-order chi connectivity index (χ0) is 15.1. The lowest BCUT2D eigenvalue weighted by Crippen LogP contribution is -2.50. The first-order valence-electron chi connectivity index (χ1n) is 7.99. The van der Waals surface area contributed by atoms with Crippen molar-refractivity contribution < 1.29 is 0 Å².